The van der Waals surface area contributed by atoms with Gasteiger partial charge < -0.3 is 15.4 Å². The van der Waals surface area contributed by atoms with Crippen molar-refractivity contribution in [2.24, 2.45) is 13.0 Å². The van der Waals surface area contributed by atoms with E-state index in [9.17, 15) is 14.7 Å². The molecule has 2 aromatic heterocycles. The Kier molecular flexibility index (Phi) is 5.99. The van der Waals surface area contributed by atoms with E-state index in [4.69, 9.17) is 0 Å². The number of carbonyl (C=O) groups is 1. The van der Waals surface area contributed by atoms with E-state index in [-0.39, 0.29) is 17.6 Å². The second-order valence-electron chi connectivity index (χ2n) is 7.74. The summed E-state index contributed by atoms with van der Waals surface area (Å²) in [5.74, 6) is 0.348. The third-order valence-corrected chi connectivity index (χ3v) is 5.85. The maximum absolute atomic E-state index is 12.4. The first-order valence-corrected chi connectivity index (χ1v) is 9.88. The molecule has 7 nitrogen and oxygen atoms in total. The number of hydrogen-bond acceptors (Lipinski definition) is 4. The summed E-state index contributed by atoms with van der Waals surface area (Å²) < 4.78 is 1.68. The van der Waals surface area contributed by atoms with Crippen molar-refractivity contribution in [3.05, 3.63) is 27.2 Å². The molecule has 0 spiro atoms. The highest BCUT2D eigenvalue weighted by molar-refractivity contribution is 5.83. The molecule has 2 aromatic rings. The molecule has 1 amide bonds. The topological polar surface area (TPSA) is 100 Å². The highest BCUT2D eigenvalue weighted by Gasteiger charge is 2.24. The van der Waals surface area contributed by atoms with E-state index in [1.54, 1.807) is 4.68 Å². The lowest BCUT2D eigenvalue weighted by molar-refractivity contribution is -0.121. The summed E-state index contributed by atoms with van der Waals surface area (Å²) in [5, 5.41) is 18.1. The first-order chi connectivity index (χ1) is 12.9. The summed E-state index contributed by atoms with van der Waals surface area (Å²) in [6.45, 7) is 4.47. The van der Waals surface area contributed by atoms with Crippen LogP contribution in [0.1, 0.15) is 55.3 Å². The Morgan fingerprint density at radius 3 is 2.85 bits per heavy atom. The number of pyridine rings is 1. The van der Waals surface area contributed by atoms with Crippen molar-refractivity contribution < 1.29 is 9.90 Å². The Bertz CT molecular complexity index is 883. The van der Waals surface area contributed by atoms with E-state index >= 15 is 0 Å². The lowest BCUT2D eigenvalue weighted by Crippen LogP contribution is -2.26. The normalized spacial score (nSPS) is 19.7. The van der Waals surface area contributed by atoms with Crippen LogP contribution in [-0.2, 0) is 18.3 Å². The molecule has 2 atom stereocenters. The van der Waals surface area contributed by atoms with Gasteiger partial charge in [0, 0.05) is 31.0 Å². The molecule has 1 aliphatic rings. The Morgan fingerprint density at radius 2 is 2.15 bits per heavy atom. The lowest BCUT2D eigenvalue weighted by Gasteiger charge is -2.14. The molecule has 2 heterocycles. The molecule has 0 aliphatic heterocycles. The zero-order chi connectivity index (χ0) is 19.6. The third kappa shape index (κ3) is 4.24. The van der Waals surface area contributed by atoms with E-state index in [0.29, 0.717) is 30.9 Å². The monoisotopic (exact) mass is 374 g/mol. The molecule has 3 rings (SSSR count). The van der Waals surface area contributed by atoms with Gasteiger partial charge in [-0.05, 0) is 57.4 Å². The van der Waals surface area contributed by atoms with Crippen molar-refractivity contribution in [1.82, 2.24) is 20.1 Å². The average Bonchev–Trinajstić information content (AvgIpc) is 3.14. The molecule has 1 fully saturated rings. The van der Waals surface area contributed by atoms with Crippen molar-refractivity contribution >= 4 is 16.9 Å². The quantitative estimate of drug-likeness (QED) is 0.644. The van der Waals surface area contributed by atoms with Crippen LogP contribution in [0.15, 0.2) is 4.79 Å². The van der Waals surface area contributed by atoms with Crippen LogP contribution in [0.3, 0.4) is 0 Å². The number of fused-ring (bicyclic) bond motifs is 1. The molecule has 0 saturated heterocycles. The fourth-order valence-corrected chi connectivity index (χ4v) is 4.33. The number of aromatic amines is 1. The average molecular weight is 374 g/mol. The summed E-state index contributed by atoms with van der Waals surface area (Å²) >= 11 is 0. The van der Waals surface area contributed by atoms with E-state index in [0.717, 1.165) is 54.4 Å². The fraction of sp³-hybridized carbons (Fsp3) is 0.650. The predicted molar refractivity (Wildman–Crippen MR) is 105 cm³/mol. The van der Waals surface area contributed by atoms with Gasteiger partial charge in [-0.15, -0.1) is 0 Å². The van der Waals surface area contributed by atoms with Gasteiger partial charge in [-0.25, -0.2) is 0 Å². The molecule has 0 radical (unpaired) electrons. The SMILES string of the molecule is Cc1nn(C)c2[nH]c(=O)c(CCC(=O)NCCCC3CCCC3O)c(C)c12. The number of nitrogens with one attached hydrogen (secondary N) is 2. The molecule has 1 saturated carbocycles. The summed E-state index contributed by atoms with van der Waals surface area (Å²) in [6, 6.07) is 0. The van der Waals surface area contributed by atoms with Gasteiger partial charge in [-0.3, -0.25) is 14.3 Å². The second kappa shape index (κ2) is 8.25. The number of carbonyl (C=O) groups excluding carboxylic acids is 1. The highest BCUT2D eigenvalue weighted by atomic mass is 16.3. The number of rotatable bonds is 7. The number of H-pyrrole nitrogens is 1. The Morgan fingerprint density at radius 1 is 1.37 bits per heavy atom. The van der Waals surface area contributed by atoms with Crippen LogP contribution in [-0.4, -0.2) is 38.4 Å². The first kappa shape index (κ1) is 19.6. The van der Waals surface area contributed by atoms with Gasteiger partial charge in [-0.1, -0.05) is 6.42 Å². The van der Waals surface area contributed by atoms with Crippen LogP contribution in [0.25, 0.3) is 11.0 Å². The number of aliphatic hydroxyl groups excluding tert-OH is 1. The molecule has 0 aromatic carbocycles. The second-order valence-corrected chi connectivity index (χ2v) is 7.74. The van der Waals surface area contributed by atoms with Gasteiger partial charge in [0.05, 0.1) is 11.8 Å². The minimum absolute atomic E-state index is 0.0382. The molecule has 27 heavy (non-hydrogen) atoms. The lowest BCUT2D eigenvalue weighted by atomic mass is 9.99. The van der Waals surface area contributed by atoms with Crippen molar-refractivity contribution in [2.75, 3.05) is 6.54 Å². The molecular formula is C20H30N4O3. The maximum Gasteiger partial charge on any atom is 0.253 e. The molecule has 148 valence electrons. The summed E-state index contributed by atoms with van der Waals surface area (Å²) in [4.78, 5) is 27.4. The molecule has 2 unspecified atom stereocenters. The molecule has 0 bridgehead atoms. The van der Waals surface area contributed by atoms with E-state index in [1.807, 2.05) is 20.9 Å². The zero-order valence-corrected chi connectivity index (χ0v) is 16.5. The van der Waals surface area contributed by atoms with Gasteiger partial charge in [0.15, 0.2) is 0 Å². The number of aliphatic hydroxyl groups is 1. The summed E-state index contributed by atoms with van der Waals surface area (Å²) in [6.07, 6.45) is 5.48. The van der Waals surface area contributed by atoms with Gasteiger partial charge in [-0.2, -0.15) is 5.10 Å². The number of nitrogens with zero attached hydrogens (tertiary/aromatic N) is 2. The number of aryl methyl sites for hydroxylation is 3. The van der Waals surface area contributed by atoms with Gasteiger partial charge >= 0.3 is 0 Å². The van der Waals surface area contributed by atoms with Gasteiger partial charge in [0.1, 0.15) is 5.65 Å². The zero-order valence-electron chi connectivity index (χ0n) is 16.5. The molecular weight excluding hydrogens is 344 g/mol. The van der Waals surface area contributed by atoms with E-state index < -0.39 is 0 Å². The fourth-order valence-electron chi connectivity index (χ4n) is 4.33. The third-order valence-electron chi connectivity index (χ3n) is 5.85. The van der Waals surface area contributed by atoms with Gasteiger partial charge in [0.2, 0.25) is 5.91 Å². The molecule has 7 heteroatoms. The van der Waals surface area contributed by atoms with E-state index in [2.05, 4.69) is 15.4 Å². The minimum Gasteiger partial charge on any atom is -0.393 e. The summed E-state index contributed by atoms with van der Waals surface area (Å²) in [5.41, 5.74) is 3.01. The standard InChI is InChI=1S/C20H30N4O3/c1-12-15(20(27)22-19-18(12)13(2)23-24(19)3)9-10-17(26)21-11-5-7-14-6-4-8-16(14)25/h14,16,25H,4-11H2,1-3H3,(H,21,26)(H,22,27). The maximum atomic E-state index is 12.4. The smallest absolute Gasteiger partial charge is 0.253 e. The number of hydrogen-bond donors (Lipinski definition) is 3. The van der Waals surface area contributed by atoms with Crippen LogP contribution < -0.4 is 10.9 Å². The van der Waals surface area contributed by atoms with Crippen molar-refractivity contribution in [3.63, 3.8) is 0 Å². The van der Waals surface area contributed by atoms with Crippen LogP contribution in [0.2, 0.25) is 0 Å². The van der Waals surface area contributed by atoms with Crippen LogP contribution in [0.4, 0.5) is 0 Å². The highest BCUT2D eigenvalue weighted by Crippen LogP contribution is 2.28. The summed E-state index contributed by atoms with van der Waals surface area (Å²) in [7, 11) is 1.81. The van der Waals surface area contributed by atoms with Crippen LogP contribution >= 0.6 is 0 Å². The molecule has 3 N–H and O–H groups in total. The van der Waals surface area contributed by atoms with Crippen molar-refractivity contribution in [2.45, 2.75) is 64.9 Å². The predicted octanol–water partition coefficient (Wildman–Crippen LogP) is 1.87. The Balaban J connectivity index is 1.53. The molecule has 1 aliphatic carbocycles. The van der Waals surface area contributed by atoms with E-state index in [1.165, 1.54) is 0 Å². The number of aromatic nitrogens is 3. The van der Waals surface area contributed by atoms with Crippen LogP contribution in [0, 0.1) is 19.8 Å². The van der Waals surface area contributed by atoms with Gasteiger partial charge in [0.25, 0.3) is 5.56 Å². The Hall–Kier alpha value is -2.15. The Labute approximate surface area is 159 Å². The first-order valence-electron chi connectivity index (χ1n) is 9.88. The largest absolute Gasteiger partial charge is 0.393 e. The van der Waals surface area contributed by atoms with Crippen molar-refractivity contribution in [3.8, 4) is 0 Å². The van der Waals surface area contributed by atoms with Crippen LogP contribution in [0.5, 0.6) is 0 Å². The minimum atomic E-state index is -0.166. The number of amides is 1. The van der Waals surface area contributed by atoms with Crippen molar-refractivity contribution in [1.29, 1.82) is 0 Å².